The van der Waals surface area contributed by atoms with E-state index < -0.39 is 18.1 Å². The predicted molar refractivity (Wildman–Crippen MR) is 123 cm³/mol. The van der Waals surface area contributed by atoms with Crippen LogP contribution < -0.4 is 5.32 Å². The first-order valence-corrected chi connectivity index (χ1v) is 11.5. The molecule has 3 aromatic heterocycles. The van der Waals surface area contributed by atoms with Crippen LogP contribution in [0.4, 0.5) is 13.2 Å². The smallest absolute Gasteiger partial charge is 0.391 e. The number of benzene rings is 1. The summed E-state index contributed by atoms with van der Waals surface area (Å²) in [5.41, 5.74) is 3.03. The molecule has 1 fully saturated rings. The maximum Gasteiger partial charge on any atom is 0.391 e. The molecule has 5 rings (SSSR count). The minimum absolute atomic E-state index is 0.0805. The minimum Gasteiger partial charge on any atom is -0.394 e. The van der Waals surface area contributed by atoms with Crippen LogP contribution in [0.3, 0.4) is 0 Å². The highest BCUT2D eigenvalue weighted by atomic mass is 19.4. The van der Waals surface area contributed by atoms with Crippen molar-refractivity contribution in [3.63, 3.8) is 0 Å². The Kier molecular flexibility index (Phi) is 5.96. The summed E-state index contributed by atoms with van der Waals surface area (Å²) in [6.07, 6.45) is -1.62. The van der Waals surface area contributed by atoms with Gasteiger partial charge in [0.15, 0.2) is 5.65 Å². The molecule has 2 N–H and O–H groups in total. The first kappa shape index (κ1) is 23.3. The van der Waals surface area contributed by atoms with Gasteiger partial charge in [0, 0.05) is 30.2 Å². The normalized spacial score (nSPS) is 19.8. The number of pyridine rings is 1. The number of hydrogen-bond acceptors (Lipinski definition) is 5. The summed E-state index contributed by atoms with van der Waals surface area (Å²) in [5.74, 6) is -1.65. The van der Waals surface area contributed by atoms with Gasteiger partial charge in [0.05, 0.1) is 29.8 Å². The molecule has 1 aliphatic rings. The van der Waals surface area contributed by atoms with Gasteiger partial charge < -0.3 is 15.0 Å². The van der Waals surface area contributed by atoms with E-state index in [2.05, 4.69) is 20.6 Å². The second-order valence-corrected chi connectivity index (χ2v) is 9.00. The molecular weight excluding hydrogens is 461 g/mol. The molecule has 1 aliphatic carbocycles. The predicted octanol–water partition coefficient (Wildman–Crippen LogP) is 4.08. The number of rotatable bonds is 5. The summed E-state index contributed by atoms with van der Waals surface area (Å²) in [6, 6.07) is 9.66. The fraction of sp³-hybridized carbons (Fsp3) is 0.417. The first-order chi connectivity index (χ1) is 16.8. The van der Waals surface area contributed by atoms with Gasteiger partial charge in [-0.1, -0.05) is 11.3 Å². The molecule has 8 nitrogen and oxygen atoms in total. The molecule has 1 aromatic carbocycles. The van der Waals surface area contributed by atoms with Crippen LogP contribution in [-0.2, 0) is 7.05 Å². The highest BCUT2D eigenvalue weighted by molar-refractivity contribution is 6.08. The van der Waals surface area contributed by atoms with E-state index in [1.165, 1.54) is 0 Å². The van der Waals surface area contributed by atoms with Crippen LogP contribution in [0.5, 0.6) is 0 Å². The van der Waals surface area contributed by atoms with Gasteiger partial charge >= 0.3 is 6.18 Å². The number of aliphatic hydroxyl groups excluding tert-OH is 1. The van der Waals surface area contributed by atoms with Gasteiger partial charge in [0.1, 0.15) is 5.52 Å². The zero-order chi connectivity index (χ0) is 24.7. The zero-order valence-electron chi connectivity index (χ0n) is 19.0. The number of amides is 1. The summed E-state index contributed by atoms with van der Waals surface area (Å²) in [7, 11) is 1.75. The van der Waals surface area contributed by atoms with E-state index >= 15 is 0 Å². The molecule has 1 atom stereocenters. The molecule has 0 spiro atoms. The maximum absolute atomic E-state index is 13.2. The van der Waals surface area contributed by atoms with Gasteiger partial charge in [-0.05, 0) is 56.0 Å². The number of alkyl halides is 3. The molecule has 1 amide bonds. The monoisotopic (exact) mass is 486 g/mol. The Hall–Kier alpha value is -3.47. The molecule has 0 radical (unpaired) electrons. The van der Waals surface area contributed by atoms with E-state index in [0.29, 0.717) is 35.0 Å². The molecule has 0 saturated heterocycles. The van der Waals surface area contributed by atoms with Crippen molar-refractivity contribution in [2.24, 2.45) is 13.0 Å². The SMILES string of the molecule is Cn1nnc2c3cc(C(=O)NC(CO)c4ccccn4)ccc3n(C3CCC(C(F)(F)F)CC3)c21. The van der Waals surface area contributed by atoms with E-state index in [4.69, 9.17) is 0 Å². The number of nitrogens with zero attached hydrogens (tertiary/aromatic N) is 5. The van der Waals surface area contributed by atoms with E-state index in [1.807, 2.05) is 4.57 Å². The van der Waals surface area contributed by atoms with Crippen molar-refractivity contribution in [3.05, 3.63) is 53.9 Å². The number of halogens is 3. The van der Waals surface area contributed by atoms with Gasteiger partial charge in [0.25, 0.3) is 5.91 Å². The lowest BCUT2D eigenvalue weighted by Gasteiger charge is -2.31. The van der Waals surface area contributed by atoms with Gasteiger partial charge in [-0.25, -0.2) is 4.68 Å². The molecule has 1 unspecified atom stereocenters. The van der Waals surface area contributed by atoms with Crippen LogP contribution in [0.1, 0.15) is 53.8 Å². The Morgan fingerprint density at radius 2 is 1.97 bits per heavy atom. The molecule has 0 aliphatic heterocycles. The lowest BCUT2D eigenvalue weighted by Crippen LogP contribution is -2.31. The van der Waals surface area contributed by atoms with Crippen LogP contribution in [0, 0.1) is 5.92 Å². The number of aliphatic hydroxyl groups is 1. The summed E-state index contributed by atoms with van der Waals surface area (Å²) in [6.45, 7) is -0.309. The van der Waals surface area contributed by atoms with Crippen molar-refractivity contribution < 1.29 is 23.1 Å². The molecule has 184 valence electrons. The third-order valence-electron chi connectivity index (χ3n) is 6.86. The number of carbonyl (C=O) groups is 1. The Balaban J connectivity index is 1.47. The number of aryl methyl sites for hydroxylation is 1. The Morgan fingerprint density at radius 3 is 2.63 bits per heavy atom. The fourth-order valence-corrected chi connectivity index (χ4v) is 5.06. The Labute approximate surface area is 198 Å². The standard InChI is InChI=1S/C24H25F3N6O2/c1-32-23-21(30-31-32)17-12-14(22(35)29-19(13-34)18-4-2-3-11-28-18)5-10-20(17)33(23)16-8-6-15(7-9-16)24(25,26)27/h2-5,10-12,15-16,19,34H,6-9,13H2,1H3,(H,29,35). The van der Waals surface area contributed by atoms with E-state index in [-0.39, 0.29) is 31.4 Å². The quantitative estimate of drug-likeness (QED) is 0.443. The van der Waals surface area contributed by atoms with Gasteiger partial charge in [0.2, 0.25) is 0 Å². The summed E-state index contributed by atoms with van der Waals surface area (Å²) >= 11 is 0. The molecule has 3 heterocycles. The highest BCUT2D eigenvalue weighted by Crippen LogP contribution is 2.43. The maximum atomic E-state index is 13.2. The van der Waals surface area contributed by atoms with E-state index in [1.54, 1.807) is 54.3 Å². The number of carbonyl (C=O) groups excluding carboxylic acids is 1. The van der Waals surface area contributed by atoms with Crippen molar-refractivity contribution >= 4 is 28.0 Å². The van der Waals surface area contributed by atoms with Crippen LogP contribution in [-0.4, -0.2) is 48.3 Å². The summed E-state index contributed by atoms with van der Waals surface area (Å²) < 4.78 is 43.2. The lowest BCUT2D eigenvalue weighted by molar-refractivity contribution is -0.183. The number of nitrogens with one attached hydrogen (secondary N) is 1. The number of hydrogen-bond donors (Lipinski definition) is 2. The molecule has 4 aromatic rings. The fourth-order valence-electron chi connectivity index (χ4n) is 5.06. The van der Waals surface area contributed by atoms with Gasteiger partial charge in [-0.2, -0.15) is 13.2 Å². The lowest BCUT2D eigenvalue weighted by atomic mass is 9.85. The van der Waals surface area contributed by atoms with E-state index in [0.717, 1.165) is 11.2 Å². The summed E-state index contributed by atoms with van der Waals surface area (Å²) in [4.78, 5) is 17.2. The summed E-state index contributed by atoms with van der Waals surface area (Å²) in [5, 5.41) is 21.7. The zero-order valence-corrected chi connectivity index (χ0v) is 19.0. The Morgan fingerprint density at radius 1 is 1.20 bits per heavy atom. The van der Waals surface area contributed by atoms with Crippen molar-refractivity contribution in [2.45, 2.75) is 43.9 Å². The number of fused-ring (bicyclic) bond motifs is 3. The average Bonchev–Trinajstić information content (AvgIpc) is 3.39. The Bertz CT molecular complexity index is 1360. The molecule has 0 bridgehead atoms. The molecular formula is C24H25F3N6O2. The van der Waals surface area contributed by atoms with Crippen LogP contribution in [0.2, 0.25) is 0 Å². The van der Waals surface area contributed by atoms with E-state index in [9.17, 15) is 23.1 Å². The van der Waals surface area contributed by atoms with Crippen LogP contribution in [0.15, 0.2) is 42.6 Å². The van der Waals surface area contributed by atoms with Crippen LogP contribution in [0.25, 0.3) is 22.1 Å². The molecule has 1 saturated carbocycles. The minimum atomic E-state index is -4.17. The second kappa shape index (κ2) is 8.95. The highest BCUT2D eigenvalue weighted by Gasteiger charge is 2.42. The third-order valence-corrected chi connectivity index (χ3v) is 6.86. The molecule has 35 heavy (non-hydrogen) atoms. The largest absolute Gasteiger partial charge is 0.394 e. The first-order valence-electron chi connectivity index (χ1n) is 11.5. The molecule has 11 heteroatoms. The van der Waals surface area contributed by atoms with Crippen LogP contribution >= 0.6 is 0 Å². The topological polar surface area (TPSA) is 97.9 Å². The number of aromatic nitrogens is 5. The van der Waals surface area contributed by atoms with Gasteiger partial charge in [-0.3, -0.25) is 9.78 Å². The van der Waals surface area contributed by atoms with Crippen molar-refractivity contribution in [1.29, 1.82) is 0 Å². The van der Waals surface area contributed by atoms with Crippen molar-refractivity contribution in [1.82, 2.24) is 29.9 Å². The second-order valence-electron chi connectivity index (χ2n) is 9.00. The van der Waals surface area contributed by atoms with Crippen molar-refractivity contribution in [3.8, 4) is 0 Å². The van der Waals surface area contributed by atoms with Crippen molar-refractivity contribution in [2.75, 3.05) is 6.61 Å². The average molecular weight is 486 g/mol. The third kappa shape index (κ3) is 4.24. The van der Waals surface area contributed by atoms with Gasteiger partial charge in [-0.15, -0.1) is 5.10 Å².